The van der Waals surface area contributed by atoms with E-state index in [1.165, 1.54) is 0 Å². The van der Waals surface area contributed by atoms with Crippen molar-refractivity contribution in [1.82, 2.24) is 10.2 Å². The number of rotatable bonds is 5. The zero-order valence-corrected chi connectivity index (χ0v) is 12.0. The largest absolute Gasteiger partial charge is 0.497 e. The second-order valence-electron chi connectivity index (χ2n) is 5.01. The summed E-state index contributed by atoms with van der Waals surface area (Å²) in [4.78, 5) is 25.7. The highest BCUT2D eigenvalue weighted by Gasteiger charge is 2.48. The van der Waals surface area contributed by atoms with Crippen LogP contribution in [0, 0.1) is 11.3 Å². The van der Waals surface area contributed by atoms with Crippen LogP contribution < -0.4 is 10.1 Å². The molecule has 1 saturated heterocycles. The van der Waals surface area contributed by atoms with Crippen LogP contribution >= 0.6 is 0 Å². The Bertz CT molecular complexity index is 608. The molecule has 3 amide bonds. The van der Waals surface area contributed by atoms with Crippen LogP contribution in [-0.4, -0.2) is 30.5 Å². The van der Waals surface area contributed by atoms with Crippen LogP contribution in [0.3, 0.4) is 0 Å². The minimum absolute atomic E-state index is 0.248. The third kappa shape index (κ3) is 2.68. The lowest BCUT2D eigenvalue weighted by molar-refractivity contribution is -0.131. The number of methoxy groups -OCH3 is 1. The Kier molecular flexibility index (Phi) is 4.13. The van der Waals surface area contributed by atoms with Crippen molar-refractivity contribution >= 4 is 11.9 Å². The quantitative estimate of drug-likeness (QED) is 0.661. The van der Waals surface area contributed by atoms with Crippen molar-refractivity contribution in [3.05, 3.63) is 29.8 Å². The molecule has 2 rings (SSSR count). The van der Waals surface area contributed by atoms with Crippen LogP contribution in [0.15, 0.2) is 24.3 Å². The Morgan fingerprint density at radius 3 is 2.86 bits per heavy atom. The summed E-state index contributed by atoms with van der Waals surface area (Å²) in [7, 11) is 1.55. The highest BCUT2D eigenvalue weighted by molar-refractivity contribution is 6.07. The lowest BCUT2D eigenvalue weighted by Gasteiger charge is -2.22. The lowest BCUT2D eigenvalue weighted by atomic mass is 9.92. The van der Waals surface area contributed by atoms with E-state index >= 15 is 0 Å². The zero-order chi connectivity index (χ0) is 15.5. The van der Waals surface area contributed by atoms with Gasteiger partial charge in [-0.05, 0) is 31.0 Å². The normalized spacial score (nSPS) is 21.1. The third-order valence-electron chi connectivity index (χ3n) is 3.59. The highest BCUT2D eigenvalue weighted by atomic mass is 16.5. The highest BCUT2D eigenvalue weighted by Crippen LogP contribution is 2.30. The van der Waals surface area contributed by atoms with E-state index in [1.807, 2.05) is 6.07 Å². The number of benzene rings is 1. The molecular weight excluding hydrogens is 270 g/mol. The molecule has 6 nitrogen and oxygen atoms in total. The molecule has 6 heteroatoms. The maximum Gasteiger partial charge on any atom is 0.325 e. The first-order chi connectivity index (χ1) is 10.0. The summed E-state index contributed by atoms with van der Waals surface area (Å²) in [6.07, 6.45) is 0.788. The van der Waals surface area contributed by atoms with Crippen molar-refractivity contribution in [2.45, 2.75) is 25.3 Å². The molecule has 0 radical (unpaired) electrons. The van der Waals surface area contributed by atoms with Gasteiger partial charge in [-0.25, -0.2) is 4.79 Å². The van der Waals surface area contributed by atoms with E-state index in [2.05, 4.69) is 5.32 Å². The van der Waals surface area contributed by atoms with E-state index < -0.39 is 11.6 Å². The molecule has 21 heavy (non-hydrogen) atoms. The summed E-state index contributed by atoms with van der Waals surface area (Å²) in [5, 5.41) is 11.3. The number of unbranched alkanes of at least 4 members (excludes halogenated alkanes) is 1. The Morgan fingerprint density at radius 2 is 2.19 bits per heavy atom. The lowest BCUT2D eigenvalue weighted by Crippen LogP contribution is -2.41. The number of nitriles is 1. The Morgan fingerprint density at radius 1 is 1.43 bits per heavy atom. The van der Waals surface area contributed by atoms with E-state index in [4.69, 9.17) is 10.00 Å². The number of imide groups is 1. The van der Waals surface area contributed by atoms with Crippen LogP contribution in [0.1, 0.15) is 25.3 Å². The molecule has 1 atom stereocenters. The summed E-state index contributed by atoms with van der Waals surface area (Å²) in [6, 6.07) is 8.64. The Balaban J connectivity index is 2.25. The van der Waals surface area contributed by atoms with Crippen LogP contribution in [0.4, 0.5) is 4.79 Å². The molecular formula is C15H17N3O3. The van der Waals surface area contributed by atoms with Gasteiger partial charge in [0.2, 0.25) is 0 Å². The number of carbonyl (C=O) groups is 2. The van der Waals surface area contributed by atoms with Gasteiger partial charge in [0.15, 0.2) is 0 Å². The van der Waals surface area contributed by atoms with Gasteiger partial charge < -0.3 is 10.1 Å². The number of nitrogens with zero attached hydrogens (tertiary/aromatic N) is 2. The Hall–Kier alpha value is -2.55. The molecule has 1 aromatic carbocycles. The molecule has 1 aromatic rings. The third-order valence-corrected chi connectivity index (χ3v) is 3.59. The number of ether oxygens (including phenoxy) is 1. The summed E-state index contributed by atoms with van der Waals surface area (Å²) < 4.78 is 5.15. The van der Waals surface area contributed by atoms with Crippen molar-refractivity contribution in [1.29, 1.82) is 5.26 Å². The number of urea groups is 1. The fourth-order valence-electron chi connectivity index (χ4n) is 2.35. The number of carbonyl (C=O) groups excluding carboxylic acids is 2. The first-order valence-electron chi connectivity index (χ1n) is 6.68. The summed E-state index contributed by atoms with van der Waals surface area (Å²) >= 11 is 0. The molecule has 1 aliphatic heterocycles. The minimum atomic E-state index is -1.10. The molecule has 1 aliphatic rings. The second-order valence-corrected chi connectivity index (χ2v) is 5.01. The zero-order valence-electron chi connectivity index (χ0n) is 12.0. The van der Waals surface area contributed by atoms with Crippen LogP contribution in [0.2, 0.25) is 0 Å². The van der Waals surface area contributed by atoms with Gasteiger partial charge in [0.25, 0.3) is 5.91 Å². The van der Waals surface area contributed by atoms with Gasteiger partial charge in [-0.15, -0.1) is 0 Å². The summed E-state index contributed by atoms with van der Waals surface area (Å²) in [5.74, 6) is 0.317. The van der Waals surface area contributed by atoms with Crippen LogP contribution in [-0.2, 0) is 10.3 Å². The van der Waals surface area contributed by atoms with Gasteiger partial charge in [0.1, 0.15) is 11.3 Å². The van der Waals surface area contributed by atoms with Gasteiger partial charge in [0, 0.05) is 13.0 Å². The maximum atomic E-state index is 12.6. The van der Waals surface area contributed by atoms with Gasteiger partial charge in [-0.3, -0.25) is 9.69 Å². The smallest absolute Gasteiger partial charge is 0.325 e. The van der Waals surface area contributed by atoms with Crippen LogP contribution in [0.5, 0.6) is 5.75 Å². The van der Waals surface area contributed by atoms with Crippen molar-refractivity contribution in [3.8, 4) is 11.8 Å². The van der Waals surface area contributed by atoms with Crippen molar-refractivity contribution < 1.29 is 14.3 Å². The minimum Gasteiger partial charge on any atom is -0.497 e. The molecule has 1 heterocycles. The van der Waals surface area contributed by atoms with Crippen LogP contribution in [0.25, 0.3) is 0 Å². The fourth-order valence-corrected chi connectivity index (χ4v) is 2.35. The van der Waals surface area contributed by atoms with Gasteiger partial charge in [-0.1, -0.05) is 12.1 Å². The average molecular weight is 287 g/mol. The van der Waals surface area contributed by atoms with E-state index in [0.29, 0.717) is 24.2 Å². The maximum absolute atomic E-state index is 12.6. The van der Waals surface area contributed by atoms with Gasteiger partial charge in [-0.2, -0.15) is 5.26 Å². The van der Waals surface area contributed by atoms with Gasteiger partial charge in [0.05, 0.1) is 13.2 Å². The summed E-state index contributed by atoms with van der Waals surface area (Å²) in [5.41, 5.74) is -0.430. The predicted octanol–water partition coefficient (Wildman–Crippen LogP) is 1.77. The molecule has 1 N–H and O–H groups in total. The van der Waals surface area contributed by atoms with E-state index in [1.54, 1.807) is 38.3 Å². The van der Waals surface area contributed by atoms with E-state index in [9.17, 15) is 9.59 Å². The molecule has 110 valence electrons. The van der Waals surface area contributed by atoms with Gasteiger partial charge >= 0.3 is 6.03 Å². The first-order valence-corrected chi connectivity index (χ1v) is 6.68. The average Bonchev–Trinajstić information content (AvgIpc) is 2.71. The SMILES string of the molecule is COc1cccc(C2(C)NC(=O)N(CCCC#N)C2=O)c1. The molecule has 1 unspecified atom stereocenters. The van der Waals surface area contributed by atoms with Crippen molar-refractivity contribution in [3.63, 3.8) is 0 Å². The van der Waals surface area contributed by atoms with Crippen molar-refractivity contribution in [2.24, 2.45) is 0 Å². The summed E-state index contributed by atoms with van der Waals surface area (Å²) in [6.45, 7) is 1.92. The van der Waals surface area contributed by atoms with E-state index in [-0.39, 0.29) is 12.5 Å². The monoisotopic (exact) mass is 287 g/mol. The Labute approximate surface area is 123 Å². The molecule has 0 spiro atoms. The standard InChI is InChI=1S/C15H17N3O3/c1-15(11-6-5-7-12(10-11)21-2)13(19)18(14(20)17-15)9-4-3-8-16/h5-7,10H,3-4,9H2,1-2H3,(H,17,20). The topological polar surface area (TPSA) is 82.4 Å². The predicted molar refractivity (Wildman–Crippen MR) is 75.4 cm³/mol. The number of nitrogens with one attached hydrogen (secondary N) is 1. The van der Waals surface area contributed by atoms with E-state index in [0.717, 1.165) is 4.90 Å². The fraction of sp³-hybridized carbons (Fsp3) is 0.400. The molecule has 0 aromatic heterocycles. The number of hydrogen-bond acceptors (Lipinski definition) is 4. The van der Waals surface area contributed by atoms with Crippen molar-refractivity contribution in [2.75, 3.05) is 13.7 Å². The molecule has 0 aliphatic carbocycles. The number of hydrogen-bond donors (Lipinski definition) is 1. The second kappa shape index (κ2) is 5.83. The number of amides is 3. The first kappa shape index (κ1) is 14.9. The molecule has 1 fully saturated rings. The molecule has 0 saturated carbocycles. The molecule has 0 bridgehead atoms.